The van der Waals surface area contributed by atoms with E-state index in [0.29, 0.717) is 12.8 Å². The van der Waals surface area contributed by atoms with Gasteiger partial charge in [0.25, 0.3) is 0 Å². The summed E-state index contributed by atoms with van der Waals surface area (Å²) in [5.41, 5.74) is -2.59. The molecule has 27 heavy (non-hydrogen) atoms. The molecule has 2 N–H and O–H groups in total. The Bertz CT molecular complexity index is 757. The number of allylic oxidation sites excluding steroid dienone is 4. The van der Waals surface area contributed by atoms with E-state index < -0.39 is 29.2 Å². The van der Waals surface area contributed by atoms with Gasteiger partial charge in [-0.3, -0.25) is 9.59 Å². The Morgan fingerprint density at radius 2 is 2.04 bits per heavy atom. The lowest BCUT2D eigenvalue weighted by atomic mass is 9.45. The molecule has 0 aliphatic heterocycles. The number of Topliss-reactive ketones (excluding diaryl/α,β-unsaturated/α-hetero) is 1. The van der Waals surface area contributed by atoms with Crippen LogP contribution in [0.1, 0.15) is 46.5 Å². The van der Waals surface area contributed by atoms with E-state index in [2.05, 4.69) is 0 Å². The zero-order chi connectivity index (χ0) is 19.8. The number of fused-ring (bicyclic) bond motifs is 5. The molecule has 0 spiro atoms. The smallest absolute Gasteiger partial charge is 0.178 e. The predicted octanol–water partition coefficient (Wildman–Crippen LogP) is 2.78. The quantitative estimate of drug-likeness (QED) is 0.777. The standard InChI is InChI=1S/C22H29FO4/c1-12-8-16-15-5-4-13-9-14(25)6-7-21(13,3)22(15,23)18(27)10-20(16,2)19(12)17(26)11-24/h6-7,9,12,15-16,18-19,24,27H,4-5,8,10-11H2,1-3H3/t12-,15-,16-,18+,19-,20+,21+,22+/m1/s1. The van der Waals surface area contributed by atoms with Crippen LogP contribution in [-0.2, 0) is 9.59 Å². The number of ketones is 2. The summed E-state index contributed by atoms with van der Waals surface area (Å²) in [5, 5.41) is 20.6. The summed E-state index contributed by atoms with van der Waals surface area (Å²) in [6.45, 7) is 5.29. The number of aliphatic hydroxyl groups excluding tert-OH is 2. The van der Waals surface area contributed by atoms with Crippen molar-refractivity contribution in [1.29, 1.82) is 0 Å². The molecule has 0 aromatic rings. The number of rotatable bonds is 2. The van der Waals surface area contributed by atoms with Gasteiger partial charge in [0, 0.05) is 17.3 Å². The SMILES string of the molecule is C[C@@H]1C[C@@H]2[C@H]3CCC4=CC(=O)C=C[C@]4(C)[C@@]3(F)[C@@H](O)C[C@]2(C)[C@H]1C(=O)CO. The molecule has 0 amide bonds. The van der Waals surface area contributed by atoms with Crippen LogP contribution in [0.25, 0.3) is 0 Å². The van der Waals surface area contributed by atoms with Gasteiger partial charge < -0.3 is 10.2 Å². The van der Waals surface area contributed by atoms with Crippen LogP contribution in [0.5, 0.6) is 0 Å². The van der Waals surface area contributed by atoms with E-state index in [0.717, 1.165) is 12.0 Å². The summed E-state index contributed by atoms with van der Waals surface area (Å²) in [7, 11) is 0. The summed E-state index contributed by atoms with van der Waals surface area (Å²) in [6.07, 6.45) is 5.53. The lowest BCUT2D eigenvalue weighted by molar-refractivity contribution is -0.195. The lowest BCUT2D eigenvalue weighted by Crippen LogP contribution is -2.66. The monoisotopic (exact) mass is 376 g/mol. The Morgan fingerprint density at radius 1 is 1.33 bits per heavy atom. The van der Waals surface area contributed by atoms with Gasteiger partial charge in [0.2, 0.25) is 0 Å². The van der Waals surface area contributed by atoms with Crippen LogP contribution in [-0.4, -0.2) is 40.2 Å². The number of carbonyl (C=O) groups is 2. The highest BCUT2D eigenvalue weighted by molar-refractivity contribution is 6.01. The Hall–Kier alpha value is -1.33. The predicted molar refractivity (Wildman–Crippen MR) is 98.5 cm³/mol. The third-order valence-electron chi connectivity index (χ3n) is 8.48. The van der Waals surface area contributed by atoms with Crippen LogP contribution < -0.4 is 0 Å². The van der Waals surface area contributed by atoms with Crippen LogP contribution in [0.4, 0.5) is 4.39 Å². The largest absolute Gasteiger partial charge is 0.390 e. The average Bonchev–Trinajstić information content (AvgIpc) is 2.86. The third kappa shape index (κ3) is 2.21. The van der Waals surface area contributed by atoms with Crippen molar-refractivity contribution < 1.29 is 24.2 Å². The molecule has 0 saturated heterocycles. The normalized spacial score (nSPS) is 51.3. The van der Waals surface area contributed by atoms with E-state index in [9.17, 15) is 19.8 Å². The van der Waals surface area contributed by atoms with E-state index in [4.69, 9.17) is 0 Å². The van der Waals surface area contributed by atoms with Gasteiger partial charge in [-0.15, -0.1) is 0 Å². The molecule has 8 atom stereocenters. The molecule has 148 valence electrons. The number of carbonyl (C=O) groups excluding carboxylic acids is 2. The first kappa shape index (κ1) is 19.0. The summed E-state index contributed by atoms with van der Waals surface area (Å²) < 4.78 is 16.8. The van der Waals surface area contributed by atoms with Crippen LogP contribution in [0.15, 0.2) is 23.8 Å². The molecule has 4 rings (SSSR count). The second-order valence-corrected chi connectivity index (χ2v) is 9.67. The maximum absolute atomic E-state index is 16.8. The summed E-state index contributed by atoms with van der Waals surface area (Å²) >= 11 is 0. The van der Waals surface area contributed by atoms with Gasteiger partial charge in [-0.25, -0.2) is 4.39 Å². The van der Waals surface area contributed by atoms with Crippen molar-refractivity contribution in [1.82, 2.24) is 0 Å². The summed E-state index contributed by atoms with van der Waals surface area (Å²) in [6, 6.07) is 0. The number of hydrogen-bond donors (Lipinski definition) is 2. The molecular formula is C22H29FO4. The van der Waals surface area contributed by atoms with Crippen LogP contribution in [0.3, 0.4) is 0 Å². The van der Waals surface area contributed by atoms with Gasteiger partial charge in [0.05, 0.1) is 6.10 Å². The molecule has 4 nitrogen and oxygen atoms in total. The fraction of sp³-hybridized carbons (Fsp3) is 0.727. The highest BCUT2D eigenvalue weighted by Gasteiger charge is 2.71. The van der Waals surface area contributed by atoms with Crippen molar-refractivity contribution in [3.05, 3.63) is 23.8 Å². The van der Waals surface area contributed by atoms with Gasteiger partial charge in [-0.2, -0.15) is 0 Å². The summed E-state index contributed by atoms with van der Waals surface area (Å²) in [4.78, 5) is 24.3. The van der Waals surface area contributed by atoms with Crippen molar-refractivity contribution in [2.75, 3.05) is 6.61 Å². The number of halogens is 1. The van der Waals surface area contributed by atoms with E-state index >= 15 is 4.39 Å². The van der Waals surface area contributed by atoms with Gasteiger partial charge in [0.15, 0.2) is 17.2 Å². The number of hydrogen-bond acceptors (Lipinski definition) is 4. The molecule has 4 aliphatic carbocycles. The molecule has 3 saturated carbocycles. The van der Waals surface area contributed by atoms with Crippen LogP contribution >= 0.6 is 0 Å². The van der Waals surface area contributed by atoms with Gasteiger partial charge in [0.1, 0.15) is 6.61 Å². The molecule has 0 unspecified atom stereocenters. The minimum atomic E-state index is -1.85. The van der Waals surface area contributed by atoms with Crippen molar-refractivity contribution in [2.45, 2.75) is 58.2 Å². The Balaban J connectivity index is 1.80. The third-order valence-corrected chi connectivity index (χ3v) is 8.48. The van der Waals surface area contributed by atoms with Crippen molar-refractivity contribution in [3.8, 4) is 0 Å². The maximum Gasteiger partial charge on any atom is 0.178 e. The molecule has 0 radical (unpaired) electrons. The molecule has 3 fully saturated rings. The Morgan fingerprint density at radius 3 is 2.70 bits per heavy atom. The molecule has 4 aliphatic rings. The highest BCUT2D eigenvalue weighted by atomic mass is 19.1. The maximum atomic E-state index is 16.8. The van der Waals surface area contributed by atoms with Gasteiger partial charge in [-0.05, 0) is 62.0 Å². The first-order valence-electron chi connectivity index (χ1n) is 10.0. The topological polar surface area (TPSA) is 74.6 Å². The van der Waals surface area contributed by atoms with E-state index in [-0.39, 0.29) is 41.7 Å². The fourth-order valence-corrected chi connectivity index (χ4v) is 7.36. The van der Waals surface area contributed by atoms with Crippen molar-refractivity contribution in [2.24, 2.45) is 34.5 Å². The zero-order valence-corrected chi connectivity index (χ0v) is 16.2. The Labute approximate surface area is 159 Å². The first-order valence-corrected chi connectivity index (χ1v) is 10.0. The molecule has 5 heteroatoms. The molecule has 0 aromatic carbocycles. The zero-order valence-electron chi connectivity index (χ0n) is 16.2. The minimum absolute atomic E-state index is 0.0224. The highest BCUT2D eigenvalue weighted by Crippen LogP contribution is 2.69. The second-order valence-electron chi connectivity index (χ2n) is 9.67. The van der Waals surface area contributed by atoms with Crippen LogP contribution in [0.2, 0.25) is 0 Å². The number of alkyl halides is 1. The second kappa shape index (κ2) is 5.84. The summed E-state index contributed by atoms with van der Waals surface area (Å²) in [5.74, 6) is -1.00. The lowest BCUT2D eigenvalue weighted by Gasteiger charge is -2.62. The Kier molecular flexibility index (Phi) is 4.11. The number of aliphatic hydroxyl groups is 2. The van der Waals surface area contributed by atoms with E-state index in [1.165, 1.54) is 12.2 Å². The van der Waals surface area contributed by atoms with E-state index in [1.54, 1.807) is 13.0 Å². The molecule has 0 heterocycles. The average molecular weight is 376 g/mol. The molecular weight excluding hydrogens is 347 g/mol. The first-order chi connectivity index (χ1) is 12.6. The van der Waals surface area contributed by atoms with Gasteiger partial charge in [-0.1, -0.05) is 25.5 Å². The molecule has 0 bridgehead atoms. The van der Waals surface area contributed by atoms with E-state index in [1.807, 2.05) is 13.8 Å². The fourth-order valence-electron chi connectivity index (χ4n) is 7.36. The van der Waals surface area contributed by atoms with Crippen LogP contribution in [0, 0.1) is 34.5 Å². The minimum Gasteiger partial charge on any atom is -0.390 e. The molecule has 0 aromatic heterocycles. The van der Waals surface area contributed by atoms with Crippen molar-refractivity contribution in [3.63, 3.8) is 0 Å². The van der Waals surface area contributed by atoms with Gasteiger partial charge >= 0.3 is 0 Å². The van der Waals surface area contributed by atoms with Crippen molar-refractivity contribution >= 4 is 11.6 Å².